The number of hydrogen-bond acceptors (Lipinski definition) is 6. The van der Waals surface area contributed by atoms with Crippen molar-refractivity contribution >= 4 is 35.2 Å². The number of amides is 2. The Bertz CT molecular complexity index is 1230. The van der Waals surface area contributed by atoms with Gasteiger partial charge in [0.25, 0.3) is 5.91 Å². The maximum Gasteiger partial charge on any atom is 0.311 e. The van der Waals surface area contributed by atoms with E-state index in [-0.39, 0.29) is 30.3 Å². The van der Waals surface area contributed by atoms with Crippen LogP contribution in [0.5, 0.6) is 0 Å². The number of anilines is 1. The van der Waals surface area contributed by atoms with Crippen LogP contribution in [0.1, 0.15) is 51.2 Å². The van der Waals surface area contributed by atoms with Crippen molar-refractivity contribution in [3.8, 4) is 0 Å². The second-order valence-electron chi connectivity index (χ2n) is 11.9. The number of likely N-dealkylation sites (tertiary alicyclic amines) is 1. The first-order chi connectivity index (χ1) is 18.6. The van der Waals surface area contributed by atoms with Gasteiger partial charge in [-0.2, -0.15) is 0 Å². The molecule has 2 fully saturated rings. The number of thioether (sulfide) groups is 1. The summed E-state index contributed by atoms with van der Waals surface area (Å²) in [5.74, 6) is -2.42. The molecule has 8 heteroatoms. The summed E-state index contributed by atoms with van der Waals surface area (Å²) in [5.41, 5.74) is 2.83. The lowest BCUT2D eigenvalue weighted by atomic mass is 9.74. The largest absolute Gasteiger partial charge is 0.465 e. The van der Waals surface area contributed by atoms with E-state index in [0.717, 1.165) is 36.1 Å². The van der Waals surface area contributed by atoms with E-state index in [0.29, 0.717) is 13.2 Å². The summed E-state index contributed by atoms with van der Waals surface area (Å²) in [6, 6.07) is 4.61. The molecule has 0 saturated carbocycles. The molecule has 1 aromatic carbocycles. The van der Waals surface area contributed by atoms with Gasteiger partial charge in [-0.3, -0.25) is 14.4 Å². The predicted octanol–water partition coefficient (Wildman–Crippen LogP) is 4.19. The highest BCUT2D eigenvalue weighted by atomic mass is 32.2. The molecule has 2 amide bonds. The second kappa shape index (κ2) is 10.4. The SMILES string of the molecule is Cc1ccc(C)c(N2CC=C[C@]34S[C@]5(C)/C=C\CCCCOC(=O)[C@@H]5[C@H]3C(=O)N([C@@H](CO)C(C)C)C4C2=O)c1. The summed E-state index contributed by atoms with van der Waals surface area (Å²) in [4.78, 5) is 46.3. The molecule has 5 rings (SSSR count). The predicted molar refractivity (Wildman–Crippen MR) is 153 cm³/mol. The number of carbonyl (C=O) groups is 3. The molecule has 4 aliphatic heterocycles. The smallest absolute Gasteiger partial charge is 0.311 e. The number of esters is 1. The van der Waals surface area contributed by atoms with E-state index in [4.69, 9.17) is 4.74 Å². The number of cyclic esters (lactones) is 1. The number of carbonyl (C=O) groups excluding carboxylic acids is 3. The highest BCUT2D eigenvalue weighted by molar-refractivity contribution is 8.02. The lowest BCUT2D eigenvalue weighted by Crippen LogP contribution is -2.58. The van der Waals surface area contributed by atoms with Gasteiger partial charge >= 0.3 is 5.97 Å². The molecule has 210 valence electrons. The van der Waals surface area contributed by atoms with Crippen LogP contribution in [0.25, 0.3) is 0 Å². The number of aliphatic hydroxyl groups is 1. The van der Waals surface area contributed by atoms with Gasteiger partial charge < -0.3 is 19.6 Å². The van der Waals surface area contributed by atoms with Crippen molar-refractivity contribution in [3.63, 3.8) is 0 Å². The van der Waals surface area contributed by atoms with E-state index in [2.05, 4.69) is 12.2 Å². The maximum absolute atomic E-state index is 14.7. The summed E-state index contributed by atoms with van der Waals surface area (Å²) in [6.45, 7) is 10.3. The summed E-state index contributed by atoms with van der Waals surface area (Å²) < 4.78 is 4.06. The maximum atomic E-state index is 14.7. The molecule has 4 aliphatic rings. The van der Waals surface area contributed by atoms with Gasteiger partial charge in [-0.25, -0.2) is 0 Å². The minimum Gasteiger partial charge on any atom is -0.465 e. The molecule has 1 aromatic rings. The Morgan fingerprint density at radius 1 is 1.08 bits per heavy atom. The first-order valence-electron chi connectivity index (χ1n) is 14.1. The fourth-order valence-corrected chi connectivity index (χ4v) is 9.08. The molecule has 39 heavy (non-hydrogen) atoms. The van der Waals surface area contributed by atoms with Crippen molar-refractivity contribution in [1.29, 1.82) is 0 Å². The van der Waals surface area contributed by atoms with Crippen LogP contribution in [0.4, 0.5) is 5.69 Å². The van der Waals surface area contributed by atoms with Crippen molar-refractivity contribution in [2.75, 3.05) is 24.7 Å². The molecule has 1 N–H and O–H groups in total. The van der Waals surface area contributed by atoms with Crippen LogP contribution in [0, 0.1) is 31.6 Å². The van der Waals surface area contributed by atoms with Crippen LogP contribution in [0.2, 0.25) is 0 Å². The average molecular weight is 553 g/mol. The highest BCUT2D eigenvalue weighted by Crippen LogP contribution is 2.65. The molecule has 0 radical (unpaired) electrons. The minimum absolute atomic E-state index is 0.0868. The van der Waals surface area contributed by atoms with Crippen LogP contribution in [-0.2, 0) is 19.1 Å². The number of ether oxygens (including phenoxy) is 1. The minimum atomic E-state index is -0.972. The van der Waals surface area contributed by atoms with E-state index < -0.39 is 33.4 Å². The van der Waals surface area contributed by atoms with E-state index in [1.54, 1.807) is 21.6 Å². The van der Waals surface area contributed by atoms with Crippen molar-refractivity contribution in [3.05, 3.63) is 53.6 Å². The second-order valence-corrected chi connectivity index (χ2v) is 13.7. The quantitative estimate of drug-likeness (QED) is 0.445. The third kappa shape index (κ3) is 4.44. The fourth-order valence-electron chi connectivity index (χ4n) is 6.94. The van der Waals surface area contributed by atoms with Gasteiger partial charge in [0.05, 0.1) is 35.8 Å². The third-order valence-corrected chi connectivity index (χ3v) is 10.7. The lowest BCUT2D eigenvalue weighted by Gasteiger charge is -2.41. The zero-order valence-corrected chi connectivity index (χ0v) is 24.4. The van der Waals surface area contributed by atoms with Crippen molar-refractivity contribution in [2.45, 2.75) is 75.5 Å². The van der Waals surface area contributed by atoms with Crippen LogP contribution in [0.15, 0.2) is 42.5 Å². The molecule has 0 aromatic heterocycles. The van der Waals surface area contributed by atoms with Crippen LogP contribution in [-0.4, -0.2) is 69.1 Å². The zero-order valence-electron chi connectivity index (χ0n) is 23.6. The molecule has 4 heterocycles. The first kappa shape index (κ1) is 28.0. The van der Waals surface area contributed by atoms with Crippen LogP contribution in [0.3, 0.4) is 0 Å². The standard InChI is InChI=1S/C31H40N2O5S/c1-19(2)23(18-34)33-26-28(36)32(22-17-20(3)11-12-21(22)4)15-10-14-31(26)24(27(33)35)25-29(37)38-16-9-7-6-8-13-30(25,5)39-31/h8,10-14,17,19,23-26,34H,6-7,9,15-16,18H2,1-5H3/b13-8-/t23-,24-,25-,26?,30+,31-/m0/s1. The van der Waals surface area contributed by atoms with Gasteiger partial charge in [0.15, 0.2) is 0 Å². The van der Waals surface area contributed by atoms with Crippen molar-refractivity contribution in [1.82, 2.24) is 4.90 Å². The Labute approximate surface area is 235 Å². The summed E-state index contributed by atoms with van der Waals surface area (Å²) >= 11 is 1.54. The first-order valence-corrected chi connectivity index (χ1v) is 14.9. The average Bonchev–Trinajstić information content (AvgIpc) is 3.21. The molecule has 1 spiro atoms. The van der Waals surface area contributed by atoms with Crippen molar-refractivity contribution < 1.29 is 24.2 Å². The molecule has 2 saturated heterocycles. The fraction of sp³-hybridized carbons (Fsp3) is 0.581. The number of aliphatic hydroxyl groups excluding tert-OH is 1. The Kier molecular flexibility index (Phi) is 7.48. The number of allylic oxidation sites excluding steroid dienone is 1. The monoisotopic (exact) mass is 552 g/mol. The zero-order chi connectivity index (χ0) is 28.1. The van der Waals surface area contributed by atoms with E-state index in [1.807, 2.05) is 65.0 Å². The summed E-state index contributed by atoms with van der Waals surface area (Å²) in [5, 5.41) is 10.5. The normalized spacial score (nSPS) is 34.3. The molecule has 6 atom stereocenters. The Morgan fingerprint density at radius 3 is 2.56 bits per heavy atom. The molecule has 1 unspecified atom stereocenters. The number of hydrogen-bond donors (Lipinski definition) is 1. The number of benzene rings is 1. The highest BCUT2D eigenvalue weighted by Gasteiger charge is 2.74. The Morgan fingerprint density at radius 2 is 1.85 bits per heavy atom. The summed E-state index contributed by atoms with van der Waals surface area (Å²) in [6.07, 6.45) is 10.7. The van der Waals surface area contributed by atoms with Crippen LogP contribution >= 0.6 is 11.8 Å². The van der Waals surface area contributed by atoms with Crippen LogP contribution < -0.4 is 4.90 Å². The van der Waals surface area contributed by atoms with E-state index in [1.165, 1.54) is 0 Å². The summed E-state index contributed by atoms with van der Waals surface area (Å²) in [7, 11) is 0. The van der Waals surface area contributed by atoms with Gasteiger partial charge in [0.1, 0.15) is 6.04 Å². The number of aryl methyl sites for hydroxylation is 2. The number of rotatable bonds is 4. The number of nitrogens with zero attached hydrogens (tertiary/aromatic N) is 2. The van der Waals surface area contributed by atoms with Crippen molar-refractivity contribution in [2.24, 2.45) is 17.8 Å². The van der Waals surface area contributed by atoms with Gasteiger partial charge in [-0.15, -0.1) is 11.8 Å². The topological polar surface area (TPSA) is 87.2 Å². The van der Waals surface area contributed by atoms with Gasteiger partial charge in [0, 0.05) is 17.0 Å². The number of fused-ring (bicyclic) bond motifs is 2. The van der Waals surface area contributed by atoms with E-state index in [9.17, 15) is 19.5 Å². The molecular weight excluding hydrogens is 512 g/mol. The Hall–Kier alpha value is -2.58. The van der Waals surface area contributed by atoms with Gasteiger partial charge in [-0.05, 0) is 63.1 Å². The molecule has 0 aliphatic carbocycles. The Balaban J connectivity index is 1.70. The van der Waals surface area contributed by atoms with Gasteiger partial charge in [0.2, 0.25) is 5.91 Å². The third-order valence-electron chi connectivity index (χ3n) is 8.91. The lowest BCUT2D eigenvalue weighted by molar-refractivity contribution is -0.155. The molecule has 0 bridgehead atoms. The van der Waals surface area contributed by atoms with E-state index >= 15 is 0 Å². The molecule has 7 nitrogen and oxygen atoms in total. The van der Waals surface area contributed by atoms with Gasteiger partial charge in [-0.1, -0.05) is 50.3 Å². The molecular formula is C31H40N2O5S.